The first-order valence-corrected chi connectivity index (χ1v) is 16.4. The molecule has 0 spiro atoms. The number of hydrogen-bond donors (Lipinski definition) is 2. The third-order valence-corrected chi connectivity index (χ3v) is 10.3. The summed E-state index contributed by atoms with van der Waals surface area (Å²) in [6.45, 7) is 8.73. The van der Waals surface area contributed by atoms with Crippen LogP contribution in [-0.2, 0) is 27.5 Å². The number of methoxy groups -OCH3 is 1. The smallest absolute Gasteiger partial charge is 0.308 e. The zero-order valence-electron chi connectivity index (χ0n) is 26.9. The maximum absolute atomic E-state index is 13.4. The number of esters is 1. The minimum atomic E-state index is -0.640. The van der Waals surface area contributed by atoms with E-state index < -0.39 is 6.10 Å². The Bertz CT molecular complexity index is 1410. The van der Waals surface area contributed by atoms with Gasteiger partial charge in [0.15, 0.2) is 0 Å². The molecule has 1 aliphatic heterocycles. The lowest BCUT2D eigenvalue weighted by molar-refractivity contribution is -0.158. The normalized spacial score (nSPS) is 29.2. The van der Waals surface area contributed by atoms with Crippen LogP contribution >= 0.6 is 0 Å². The summed E-state index contributed by atoms with van der Waals surface area (Å²) in [4.78, 5) is 28.2. The van der Waals surface area contributed by atoms with Gasteiger partial charge in [0.05, 0.1) is 32.2 Å². The monoisotopic (exact) mass is 603 g/mol. The summed E-state index contributed by atoms with van der Waals surface area (Å²) in [5.41, 5.74) is 3.03. The summed E-state index contributed by atoms with van der Waals surface area (Å²) in [5, 5.41) is 22.5. The number of ether oxygens (including phenoxy) is 2. The first-order chi connectivity index (χ1) is 21.1. The molecule has 0 saturated carbocycles. The van der Waals surface area contributed by atoms with E-state index in [1.807, 2.05) is 43.0 Å². The highest BCUT2D eigenvalue weighted by Crippen LogP contribution is 2.45. The van der Waals surface area contributed by atoms with Crippen molar-refractivity contribution in [2.75, 3.05) is 7.11 Å². The number of likely N-dealkylation sites (tertiary alicyclic amines) is 1. The molecule has 0 aromatic heterocycles. The minimum Gasteiger partial charge on any atom is -0.496 e. The molecule has 5 rings (SSSR count). The fourth-order valence-electron chi connectivity index (χ4n) is 7.65. The van der Waals surface area contributed by atoms with Gasteiger partial charge in [-0.05, 0) is 83.9 Å². The van der Waals surface area contributed by atoms with Crippen molar-refractivity contribution in [2.24, 2.45) is 29.6 Å². The second-order valence-electron chi connectivity index (χ2n) is 13.4. The molecule has 2 N–H and O–H groups in total. The van der Waals surface area contributed by atoms with E-state index in [0.717, 1.165) is 47.6 Å². The Kier molecular flexibility index (Phi) is 10.2. The molecule has 1 saturated heterocycles. The second-order valence-corrected chi connectivity index (χ2v) is 13.4. The quantitative estimate of drug-likeness (QED) is 0.308. The van der Waals surface area contributed by atoms with Gasteiger partial charge in [-0.2, -0.15) is 0 Å². The third-order valence-electron chi connectivity index (χ3n) is 10.3. The predicted octanol–water partition coefficient (Wildman–Crippen LogP) is 6.34. The Hall–Kier alpha value is -3.16. The molecule has 1 heterocycles. The maximum atomic E-state index is 13.4. The van der Waals surface area contributed by atoms with Crippen LogP contribution in [0.4, 0.5) is 0 Å². The van der Waals surface area contributed by atoms with Gasteiger partial charge in [-0.3, -0.25) is 9.59 Å². The highest BCUT2D eigenvalue weighted by atomic mass is 16.5. The van der Waals surface area contributed by atoms with Crippen LogP contribution in [0.3, 0.4) is 0 Å². The number of benzene rings is 2. The van der Waals surface area contributed by atoms with E-state index in [0.29, 0.717) is 30.6 Å². The summed E-state index contributed by atoms with van der Waals surface area (Å²) >= 11 is 0. The number of amides is 1. The van der Waals surface area contributed by atoms with Crippen LogP contribution in [0.5, 0.6) is 5.75 Å². The van der Waals surface area contributed by atoms with Crippen molar-refractivity contribution < 1.29 is 29.3 Å². The van der Waals surface area contributed by atoms with Gasteiger partial charge in [0.25, 0.3) is 0 Å². The van der Waals surface area contributed by atoms with Gasteiger partial charge >= 0.3 is 5.97 Å². The summed E-state index contributed by atoms with van der Waals surface area (Å²) in [5.74, 6) is 1.46. The van der Waals surface area contributed by atoms with Crippen molar-refractivity contribution in [3.05, 3.63) is 65.3 Å². The number of nitrogens with zero attached hydrogens (tertiary/aromatic N) is 1. The van der Waals surface area contributed by atoms with E-state index in [4.69, 9.17) is 9.47 Å². The summed E-state index contributed by atoms with van der Waals surface area (Å²) in [6, 6.07) is 9.85. The summed E-state index contributed by atoms with van der Waals surface area (Å²) < 4.78 is 11.6. The molecule has 0 radical (unpaired) electrons. The summed E-state index contributed by atoms with van der Waals surface area (Å²) in [6.07, 6.45) is 9.98. The lowest BCUT2D eigenvalue weighted by Gasteiger charge is -2.44. The molecule has 2 aromatic rings. The van der Waals surface area contributed by atoms with Gasteiger partial charge < -0.3 is 24.6 Å². The standard InChI is InChI=1S/C37H49NO6/c1-6-23(3)37(42)44-34-16-22(2)15-27-9-7-24(4)30(36(27)34)13-11-28-18-29(40)19-35(41)38(28)20-25-8-12-31-26(17-25)10-14-33(43-5)32(31)21-39/h7-10,12,14-15,17,22-24,28-30,34,36,39-40H,6,11,13,16,18-21H2,1-5H3/t22?,23?,24?,28-,29?,30?,34?,36?/m0/s1. The minimum absolute atomic E-state index is 0.0244. The van der Waals surface area contributed by atoms with E-state index in [9.17, 15) is 19.8 Å². The molecule has 8 atom stereocenters. The molecule has 2 aromatic carbocycles. The van der Waals surface area contributed by atoms with E-state index in [-0.39, 0.29) is 54.8 Å². The van der Waals surface area contributed by atoms with Gasteiger partial charge in [0.1, 0.15) is 11.9 Å². The Balaban J connectivity index is 1.36. The number of fused-ring (bicyclic) bond motifs is 2. The van der Waals surface area contributed by atoms with E-state index in [1.165, 1.54) is 5.57 Å². The highest BCUT2D eigenvalue weighted by Gasteiger charge is 2.42. The maximum Gasteiger partial charge on any atom is 0.308 e. The van der Waals surface area contributed by atoms with Gasteiger partial charge in [0, 0.05) is 24.1 Å². The fraction of sp³-hybridized carbons (Fsp3) is 0.568. The van der Waals surface area contributed by atoms with Crippen LogP contribution in [0.25, 0.3) is 10.8 Å². The Labute approximate surface area is 261 Å². The average Bonchev–Trinajstić information content (AvgIpc) is 3.00. The van der Waals surface area contributed by atoms with Gasteiger partial charge in [-0.15, -0.1) is 0 Å². The van der Waals surface area contributed by atoms with Crippen molar-refractivity contribution >= 4 is 22.6 Å². The average molecular weight is 604 g/mol. The van der Waals surface area contributed by atoms with Gasteiger partial charge in [0.2, 0.25) is 5.91 Å². The molecule has 2 aliphatic carbocycles. The molecule has 3 aliphatic rings. The number of rotatable bonds is 10. The van der Waals surface area contributed by atoms with Crippen molar-refractivity contribution in [3.8, 4) is 5.75 Å². The molecule has 1 fully saturated rings. The zero-order chi connectivity index (χ0) is 31.5. The van der Waals surface area contributed by atoms with E-state index in [1.54, 1.807) is 7.11 Å². The van der Waals surface area contributed by atoms with E-state index >= 15 is 0 Å². The fourth-order valence-corrected chi connectivity index (χ4v) is 7.65. The topological polar surface area (TPSA) is 96.3 Å². The first kappa shape index (κ1) is 32.2. The van der Waals surface area contributed by atoms with Crippen molar-refractivity contribution in [2.45, 2.75) is 97.6 Å². The molecule has 1 amide bonds. The molecule has 238 valence electrons. The van der Waals surface area contributed by atoms with Crippen LogP contribution in [0, 0.1) is 29.6 Å². The van der Waals surface area contributed by atoms with E-state index in [2.05, 4.69) is 38.1 Å². The van der Waals surface area contributed by atoms with Crippen LogP contribution in [-0.4, -0.2) is 52.3 Å². The number of piperidine rings is 1. The number of carbonyl (C=O) groups is 2. The van der Waals surface area contributed by atoms with Crippen molar-refractivity contribution in [1.82, 2.24) is 4.90 Å². The molecule has 44 heavy (non-hydrogen) atoms. The Morgan fingerprint density at radius 3 is 2.66 bits per heavy atom. The molecule has 7 nitrogen and oxygen atoms in total. The van der Waals surface area contributed by atoms with Crippen molar-refractivity contribution in [1.29, 1.82) is 0 Å². The van der Waals surface area contributed by atoms with Gasteiger partial charge in [-0.1, -0.05) is 64.1 Å². The molecule has 7 unspecified atom stereocenters. The second kappa shape index (κ2) is 13.9. The van der Waals surface area contributed by atoms with Crippen LogP contribution in [0.2, 0.25) is 0 Å². The number of allylic oxidation sites excluding steroid dienone is 3. The van der Waals surface area contributed by atoms with Crippen molar-refractivity contribution in [3.63, 3.8) is 0 Å². The number of hydrogen-bond acceptors (Lipinski definition) is 6. The first-order valence-electron chi connectivity index (χ1n) is 16.4. The predicted molar refractivity (Wildman–Crippen MR) is 172 cm³/mol. The molecule has 0 bridgehead atoms. The van der Waals surface area contributed by atoms with Crippen LogP contribution in [0.1, 0.15) is 77.3 Å². The van der Waals surface area contributed by atoms with Gasteiger partial charge in [-0.25, -0.2) is 0 Å². The third kappa shape index (κ3) is 6.74. The lowest BCUT2D eigenvalue weighted by atomic mass is 9.65. The van der Waals surface area contributed by atoms with Crippen LogP contribution < -0.4 is 4.74 Å². The number of aliphatic hydroxyl groups excluding tert-OH is 2. The Morgan fingerprint density at radius 2 is 1.93 bits per heavy atom. The molecular weight excluding hydrogens is 554 g/mol. The number of aliphatic hydroxyl groups is 2. The molecular formula is C37H49NO6. The number of carbonyl (C=O) groups excluding carboxylic acids is 2. The summed E-state index contributed by atoms with van der Waals surface area (Å²) in [7, 11) is 1.60. The molecule has 7 heteroatoms. The Morgan fingerprint density at radius 1 is 1.14 bits per heavy atom. The SMILES string of the molecule is CCC(C)C(=O)OC1CC(C)C=C2C=CC(C)C(CC[C@H]3CC(O)CC(=O)N3Cc3ccc4c(CO)c(OC)ccc4c3)C21. The largest absolute Gasteiger partial charge is 0.496 e. The van der Waals surface area contributed by atoms with Crippen LogP contribution in [0.15, 0.2) is 54.1 Å². The lowest BCUT2D eigenvalue weighted by Crippen LogP contribution is -2.48. The zero-order valence-corrected chi connectivity index (χ0v) is 26.9. The highest BCUT2D eigenvalue weighted by molar-refractivity contribution is 5.88.